The van der Waals surface area contributed by atoms with Crippen molar-refractivity contribution in [2.75, 3.05) is 13.1 Å². The molecule has 0 radical (unpaired) electrons. The molecular weight excluding hydrogens is 321 g/mol. The van der Waals surface area contributed by atoms with Gasteiger partial charge >= 0.3 is 0 Å². The second kappa shape index (κ2) is 6.90. The van der Waals surface area contributed by atoms with Crippen molar-refractivity contribution in [3.05, 3.63) is 47.0 Å². The van der Waals surface area contributed by atoms with Crippen LogP contribution in [0.2, 0.25) is 0 Å². The molecule has 0 spiro atoms. The SMILES string of the molecule is CC(C)n1cc([C@]2(O)CCCN(Cc3cc(C#N)ccc3F)C2)nn1. The molecular formula is C18H22FN5O. The minimum atomic E-state index is -1.09. The molecule has 1 fully saturated rings. The highest BCUT2D eigenvalue weighted by molar-refractivity contribution is 5.33. The number of aromatic nitrogens is 3. The lowest BCUT2D eigenvalue weighted by Gasteiger charge is -2.38. The van der Waals surface area contributed by atoms with Crippen LogP contribution in [-0.4, -0.2) is 38.1 Å². The number of halogens is 1. The van der Waals surface area contributed by atoms with E-state index in [1.54, 1.807) is 16.9 Å². The largest absolute Gasteiger partial charge is 0.382 e. The first kappa shape index (κ1) is 17.5. The van der Waals surface area contributed by atoms with E-state index in [4.69, 9.17) is 5.26 Å². The molecule has 6 nitrogen and oxygen atoms in total. The molecule has 0 saturated carbocycles. The second-order valence-corrected chi connectivity index (χ2v) is 6.94. The fraction of sp³-hybridized carbons (Fsp3) is 0.500. The normalized spacial score (nSPS) is 21.4. The summed E-state index contributed by atoms with van der Waals surface area (Å²) in [6.45, 7) is 5.47. The third kappa shape index (κ3) is 3.70. The number of rotatable bonds is 4. The monoisotopic (exact) mass is 343 g/mol. The number of nitrogens with zero attached hydrogens (tertiary/aromatic N) is 5. The van der Waals surface area contributed by atoms with Crippen LogP contribution < -0.4 is 0 Å². The maximum Gasteiger partial charge on any atom is 0.127 e. The Hall–Kier alpha value is -2.30. The molecule has 1 aliphatic rings. The summed E-state index contributed by atoms with van der Waals surface area (Å²) < 4.78 is 15.8. The smallest absolute Gasteiger partial charge is 0.127 e. The molecule has 1 aliphatic heterocycles. The van der Waals surface area contributed by atoms with Crippen molar-refractivity contribution in [2.24, 2.45) is 0 Å². The van der Waals surface area contributed by atoms with E-state index in [0.29, 0.717) is 36.3 Å². The number of hydrogen-bond acceptors (Lipinski definition) is 5. The minimum Gasteiger partial charge on any atom is -0.382 e. The van der Waals surface area contributed by atoms with Gasteiger partial charge in [-0.1, -0.05) is 5.21 Å². The molecule has 1 N–H and O–H groups in total. The number of nitriles is 1. The van der Waals surface area contributed by atoms with Gasteiger partial charge in [-0.3, -0.25) is 4.90 Å². The summed E-state index contributed by atoms with van der Waals surface area (Å²) in [6, 6.07) is 6.56. The molecule has 2 heterocycles. The topological polar surface area (TPSA) is 78.0 Å². The van der Waals surface area contributed by atoms with Crippen molar-refractivity contribution in [3.8, 4) is 6.07 Å². The molecule has 0 aliphatic carbocycles. The predicted octanol–water partition coefficient (Wildman–Crippen LogP) is 2.35. The molecule has 1 aromatic carbocycles. The zero-order valence-electron chi connectivity index (χ0n) is 14.5. The van der Waals surface area contributed by atoms with E-state index in [9.17, 15) is 9.50 Å². The zero-order valence-corrected chi connectivity index (χ0v) is 14.5. The van der Waals surface area contributed by atoms with Gasteiger partial charge in [0.1, 0.15) is 17.1 Å². The van der Waals surface area contributed by atoms with Gasteiger partial charge in [-0.2, -0.15) is 5.26 Å². The van der Waals surface area contributed by atoms with Crippen LogP contribution in [-0.2, 0) is 12.1 Å². The van der Waals surface area contributed by atoms with Gasteiger partial charge in [0.25, 0.3) is 0 Å². The van der Waals surface area contributed by atoms with Gasteiger partial charge in [0.2, 0.25) is 0 Å². The Morgan fingerprint density at radius 1 is 1.44 bits per heavy atom. The van der Waals surface area contributed by atoms with Crippen molar-refractivity contribution in [2.45, 2.75) is 44.9 Å². The summed E-state index contributed by atoms with van der Waals surface area (Å²) in [5.41, 5.74) is 0.365. The minimum absolute atomic E-state index is 0.173. The first-order valence-corrected chi connectivity index (χ1v) is 8.47. The average Bonchev–Trinajstić information content (AvgIpc) is 3.08. The quantitative estimate of drug-likeness (QED) is 0.922. The highest BCUT2D eigenvalue weighted by Gasteiger charge is 2.37. The van der Waals surface area contributed by atoms with Crippen LogP contribution in [0.5, 0.6) is 0 Å². The van der Waals surface area contributed by atoms with E-state index in [0.717, 1.165) is 13.0 Å². The van der Waals surface area contributed by atoms with Crippen molar-refractivity contribution >= 4 is 0 Å². The molecule has 0 amide bonds. The van der Waals surface area contributed by atoms with Crippen LogP contribution in [0.1, 0.15) is 49.6 Å². The van der Waals surface area contributed by atoms with Crippen molar-refractivity contribution in [3.63, 3.8) is 0 Å². The van der Waals surface area contributed by atoms with Crippen LogP contribution in [0.3, 0.4) is 0 Å². The van der Waals surface area contributed by atoms with Crippen LogP contribution >= 0.6 is 0 Å². The fourth-order valence-electron chi connectivity index (χ4n) is 3.22. The number of piperidine rings is 1. The fourth-order valence-corrected chi connectivity index (χ4v) is 3.22. The number of hydrogen-bond donors (Lipinski definition) is 1. The lowest BCUT2D eigenvalue weighted by Crippen LogP contribution is -2.46. The Bertz CT molecular complexity index is 797. The van der Waals surface area contributed by atoms with Gasteiger partial charge in [0.05, 0.1) is 17.8 Å². The van der Waals surface area contributed by atoms with Gasteiger partial charge in [-0.15, -0.1) is 5.10 Å². The van der Waals surface area contributed by atoms with Crippen LogP contribution in [0.25, 0.3) is 0 Å². The van der Waals surface area contributed by atoms with Crippen LogP contribution in [0.15, 0.2) is 24.4 Å². The Morgan fingerprint density at radius 3 is 2.92 bits per heavy atom. The first-order chi connectivity index (χ1) is 11.9. The van der Waals surface area contributed by atoms with Gasteiger partial charge in [0, 0.05) is 24.7 Å². The van der Waals surface area contributed by atoms with E-state index in [1.165, 1.54) is 12.1 Å². The van der Waals surface area contributed by atoms with Crippen LogP contribution in [0.4, 0.5) is 4.39 Å². The highest BCUT2D eigenvalue weighted by atomic mass is 19.1. The zero-order chi connectivity index (χ0) is 18.0. The summed E-state index contributed by atoms with van der Waals surface area (Å²) in [7, 11) is 0. The lowest BCUT2D eigenvalue weighted by molar-refractivity contribution is -0.0417. The molecule has 0 bridgehead atoms. The third-order valence-electron chi connectivity index (χ3n) is 4.63. The molecule has 1 atom stereocenters. The predicted molar refractivity (Wildman–Crippen MR) is 89.9 cm³/mol. The molecule has 25 heavy (non-hydrogen) atoms. The molecule has 1 saturated heterocycles. The molecule has 3 rings (SSSR count). The summed E-state index contributed by atoms with van der Waals surface area (Å²) in [4.78, 5) is 2.00. The van der Waals surface area contributed by atoms with Gasteiger partial charge in [-0.05, 0) is 51.4 Å². The number of likely N-dealkylation sites (tertiary alicyclic amines) is 1. The van der Waals surface area contributed by atoms with Crippen molar-refractivity contribution in [1.29, 1.82) is 5.26 Å². The number of β-amino-alcohol motifs (C(OH)–C–C–N with tert-alkyl or cyclic N) is 1. The molecule has 1 aromatic heterocycles. The maximum absolute atomic E-state index is 14.0. The lowest BCUT2D eigenvalue weighted by atomic mass is 9.89. The van der Waals surface area contributed by atoms with Gasteiger partial charge in [0.15, 0.2) is 0 Å². The Kier molecular flexibility index (Phi) is 4.84. The van der Waals surface area contributed by atoms with Crippen LogP contribution in [0, 0.1) is 17.1 Å². The second-order valence-electron chi connectivity index (χ2n) is 6.94. The Labute approximate surface area is 146 Å². The summed E-state index contributed by atoms with van der Waals surface area (Å²) in [6.07, 6.45) is 3.16. The van der Waals surface area contributed by atoms with E-state index in [-0.39, 0.29) is 11.9 Å². The molecule has 7 heteroatoms. The van der Waals surface area contributed by atoms with Crippen molar-refractivity contribution in [1.82, 2.24) is 19.9 Å². The molecule has 2 aromatic rings. The number of aliphatic hydroxyl groups is 1. The van der Waals surface area contributed by atoms with Crippen molar-refractivity contribution < 1.29 is 9.50 Å². The first-order valence-electron chi connectivity index (χ1n) is 8.47. The Morgan fingerprint density at radius 2 is 2.24 bits per heavy atom. The molecule has 132 valence electrons. The highest BCUT2D eigenvalue weighted by Crippen LogP contribution is 2.31. The van der Waals surface area contributed by atoms with E-state index in [2.05, 4.69) is 10.3 Å². The van der Waals surface area contributed by atoms with Gasteiger partial charge in [-0.25, -0.2) is 9.07 Å². The summed E-state index contributed by atoms with van der Waals surface area (Å²) in [5, 5.41) is 28.3. The molecule has 0 unspecified atom stereocenters. The standard InChI is InChI=1S/C18H22FN5O/c1-13(2)24-11-17(21-22-24)18(25)6-3-7-23(12-18)10-15-8-14(9-20)4-5-16(15)19/h4-5,8,11,13,25H,3,6-7,10,12H2,1-2H3/t18-/m0/s1. The maximum atomic E-state index is 14.0. The average molecular weight is 343 g/mol. The summed E-state index contributed by atoms with van der Waals surface area (Å²) in [5.74, 6) is -0.334. The number of benzene rings is 1. The van der Waals surface area contributed by atoms with E-state index in [1.807, 2.05) is 24.8 Å². The van der Waals surface area contributed by atoms with E-state index >= 15 is 0 Å². The Balaban J connectivity index is 1.77. The third-order valence-corrected chi connectivity index (χ3v) is 4.63. The van der Waals surface area contributed by atoms with Gasteiger partial charge < -0.3 is 5.11 Å². The van der Waals surface area contributed by atoms with E-state index < -0.39 is 5.60 Å². The summed E-state index contributed by atoms with van der Waals surface area (Å²) >= 11 is 0.